The van der Waals surface area contributed by atoms with Gasteiger partial charge in [-0.05, 0) is 34.1 Å². The van der Waals surface area contributed by atoms with Crippen LogP contribution < -0.4 is 19.6 Å². The van der Waals surface area contributed by atoms with Crippen molar-refractivity contribution >= 4 is 27.8 Å². The van der Waals surface area contributed by atoms with Crippen LogP contribution in [0.25, 0.3) is 0 Å². The minimum absolute atomic E-state index is 0.532. The van der Waals surface area contributed by atoms with Crippen LogP contribution in [0.5, 0.6) is 17.2 Å². The van der Waals surface area contributed by atoms with Crippen molar-refractivity contribution in [2.24, 2.45) is 5.10 Å². The van der Waals surface area contributed by atoms with Gasteiger partial charge in [0, 0.05) is 5.56 Å². The molecule has 0 atom stereocenters. The molecule has 2 aromatic rings. The average Bonchev–Trinajstić information content (AvgIpc) is 2.56. The summed E-state index contributed by atoms with van der Waals surface area (Å²) in [6, 6.07) is 11.5. The Labute approximate surface area is 138 Å². The molecule has 5 nitrogen and oxygen atoms in total. The minimum atomic E-state index is 0.532. The highest BCUT2D eigenvalue weighted by Gasteiger charge is 2.18. The Kier molecular flexibility index (Phi) is 5.66. The Hall–Kier alpha value is -2.21. The molecule has 0 radical (unpaired) electrons. The van der Waals surface area contributed by atoms with Gasteiger partial charge in [0.2, 0.25) is 5.75 Å². The number of hydrogen-bond acceptors (Lipinski definition) is 5. The molecule has 0 heterocycles. The van der Waals surface area contributed by atoms with Crippen LogP contribution in [0.3, 0.4) is 0 Å². The molecule has 0 fully saturated rings. The van der Waals surface area contributed by atoms with E-state index in [0.29, 0.717) is 17.2 Å². The van der Waals surface area contributed by atoms with E-state index in [4.69, 9.17) is 14.2 Å². The molecule has 0 saturated heterocycles. The maximum atomic E-state index is 5.38. The molecule has 0 aromatic heterocycles. The Bertz CT molecular complexity index is 660. The van der Waals surface area contributed by atoms with E-state index in [1.807, 2.05) is 36.4 Å². The topological polar surface area (TPSA) is 52.1 Å². The lowest BCUT2D eigenvalue weighted by molar-refractivity contribution is 0.323. The predicted molar refractivity (Wildman–Crippen MR) is 91.5 cm³/mol. The summed E-state index contributed by atoms with van der Waals surface area (Å²) < 4.78 is 16.8. The largest absolute Gasteiger partial charge is 0.493 e. The lowest BCUT2D eigenvalue weighted by Crippen LogP contribution is -1.99. The highest BCUT2D eigenvalue weighted by Crippen LogP contribution is 2.44. The maximum absolute atomic E-state index is 5.38. The second-order valence-electron chi connectivity index (χ2n) is 4.28. The number of ether oxygens (including phenoxy) is 3. The fraction of sp³-hybridized carbons (Fsp3) is 0.188. The van der Waals surface area contributed by atoms with Crippen LogP contribution in [0.4, 0.5) is 5.69 Å². The van der Waals surface area contributed by atoms with E-state index in [2.05, 4.69) is 26.5 Å². The van der Waals surface area contributed by atoms with E-state index in [-0.39, 0.29) is 0 Å². The van der Waals surface area contributed by atoms with Crippen molar-refractivity contribution in [2.75, 3.05) is 26.8 Å². The van der Waals surface area contributed by atoms with Crippen LogP contribution in [-0.4, -0.2) is 27.5 Å². The summed E-state index contributed by atoms with van der Waals surface area (Å²) in [4.78, 5) is 0. The molecule has 0 aliphatic rings. The van der Waals surface area contributed by atoms with Crippen molar-refractivity contribution < 1.29 is 14.2 Å². The zero-order valence-corrected chi connectivity index (χ0v) is 14.2. The number of nitrogens with zero attached hydrogens (tertiary/aromatic N) is 1. The predicted octanol–water partition coefficient (Wildman–Crippen LogP) is 3.92. The molecule has 2 aromatic carbocycles. The smallest absolute Gasteiger partial charge is 0.204 e. The first kappa shape index (κ1) is 16.2. The molecule has 0 amide bonds. The van der Waals surface area contributed by atoms with E-state index in [1.54, 1.807) is 27.5 Å². The number of halogens is 1. The normalized spacial score (nSPS) is 10.5. The maximum Gasteiger partial charge on any atom is 0.204 e. The quantitative estimate of drug-likeness (QED) is 0.623. The Morgan fingerprint density at radius 3 is 2.27 bits per heavy atom. The standard InChI is InChI=1S/C16H17BrN2O3/c1-20-13-9-11(14(17)16(22-3)15(13)21-2)10-18-19-12-7-5-4-6-8-12/h4-10,19H,1-3H3. The molecular weight excluding hydrogens is 348 g/mol. The number of nitrogens with one attached hydrogen (secondary N) is 1. The molecule has 0 aliphatic heterocycles. The van der Waals surface area contributed by atoms with Crippen molar-refractivity contribution in [1.82, 2.24) is 0 Å². The van der Waals surface area contributed by atoms with Gasteiger partial charge >= 0.3 is 0 Å². The Balaban J connectivity index is 2.31. The second kappa shape index (κ2) is 7.70. The number of methoxy groups -OCH3 is 3. The minimum Gasteiger partial charge on any atom is -0.493 e. The van der Waals surface area contributed by atoms with E-state index in [9.17, 15) is 0 Å². The van der Waals surface area contributed by atoms with Gasteiger partial charge in [-0.2, -0.15) is 5.10 Å². The zero-order valence-electron chi connectivity index (χ0n) is 12.6. The number of benzene rings is 2. The first-order chi connectivity index (χ1) is 10.7. The summed E-state index contributed by atoms with van der Waals surface area (Å²) >= 11 is 3.50. The highest BCUT2D eigenvalue weighted by molar-refractivity contribution is 9.10. The molecule has 116 valence electrons. The number of para-hydroxylation sites is 1. The van der Waals surface area contributed by atoms with Crippen LogP contribution in [0.1, 0.15) is 5.56 Å². The van der Waals surface area contributed by atoms with Crippen LogP contribution in [0.2, 0.25) is 0 Å². The second-order valence-corrected chi connectivity index (χ2v) is 5.08. The summed E-state index contributed by atoms with van der Waals surface area (Å²) in [6.45, 7) is 0. The summed E-state index contributed by atoms with van der Waals surface area (Å²) in [7, 11) is 4.72. The molecule has 0 unspecified atom stereocenters. The van der Waals surface area contributed by atoms with Gasteiger partial charge in [-0.25, -0.2) is 0 Å². The fourth-order valence-electron chi connectivity index (χ4n) is 1.92. The monoisotopic (exact) mass is 364 g/mol. The molecular formula is C16H17BrN2O3. The van der Waals surface area contributed by atoms with E-state index in [1.165, 1.54) is 0 Å². The zero-order chi connectivity index (χ0) is 15.9. The average molecular weight is 365 g/mol. The van der Waals surface area contributed by atoms with Crippen LogP contribution in [-0.2, 0) is 0 Å². The number of hydrazone groups is 1. The first-order valence-corrected chi connectivity index (χ1v) is 7.33. The molecule has 0 bridgehead atoms. The van der Waals surface area contributed by atoms with Crippen molar-refractivity contribution in [3.05, 3.63) is 46.4 Å². The van der Waals surface area contributed by atoms with Crippen LogP contribution in [0, 0.1) is 0 Å². The van der Waals surface area contributed by atoms with Gasteiger partial charge in [0.1, 0.15) is 0 Å². The van der Waals surface area contributed by atoms with E-state index >= 15 is 0 Å². The third kappa shape index (κ3) is 3.51. The fourth-order valence-corrected chi connectivity index (χ4v) is 2.48. The number of hydrogen-bond donors (Lipinski definition) is 1. The summed E-state index contributed by atoms with van der Waals surface area (Å²) in [5, 5.41) is 4.22. The van der Waals surface area contributed by atoms with Crippen LogP contribution in [0.15, 0.2) is 46.0 Å². The molecule has 22 heavy (non-hydrogen) atoms. The molecule has 6 heteroatoms. The highest BCUT2D eigenvalue weighted by atomic mass is 79.9. The molecule has 0 spiro atoms. The molecule has 1 N–H and O–H groups in total. The molecule has 2 rings (SSSR count). The van der Waals surface area contributed by atoms with Gasteiger partial charge in [0.25, 0.3) is 0 Å². The van der Waals surface area contributed by atoms with Crippen LogP contribution >= 0.6 is 15.9 Å². The van der Waals surface area contributed by atoms with Crippen molar-refractivity contribution in [1.29, 1.82) is 0 Å². The SMILES string of the molecule is COc1cc(C=NNc2ccccc2)c(Br)c(OC)c1OC. The molecule has 0 aliphatic carbocycles. The first-order valence-electron chi connectivity index (χ1n) is 6.53. The van der Waals surface area contributed by atoms with Crippen molar-refractivity contribution in [2.45, 2.75) is 0 Å². The molecule has 0 saturated carbocycles. The summed E-state index contributed by atoms with van der Waals surface area (Å²) in [6.07, 6.45) is 1.68. The Morgan fingerprint density at radius 1 is 1.00 bits per heavy atom. The van der Waals surface area contributed by atoms with Gasteiger partial charge in [0.05, 0.1) is 37.7 Å². The van der Waals surface area contributed by atoms with Gasteiger partial charge in [-0.1, -0.05) is 18.2 Å². The number of rotatable bonds is 6. The van der Waals surface area contributed by atoms with E-state index in [0.717, 1.165) is 15.7 Å². The lowest BCUT2D eigenvalue weighted by atomic mass is 10.2. The van der Waals surface area contributed by atoms with Gasteiger partial charge in [-0.3, -0.25) is 5.43 Å². The Morgan fingerprint density at radius 2 is 1.68 bits per heavy atom. The third-order valence-electron chi connectivity index (χ3n) is 2.97. The summed E-state index contributed by atoms with van der Waals surface area (Å²) in [5.41, 5.74) is 4.67. The van der Waals surface area contributed by atoms with Crippen molar-refractivity contribution in [3.63, 3.8) is 0 Å². The summed E-state index contributed by atoms with van der Waals surface area (Å²) in [5.74, 6) is 1.66. The van der Waals surface area contributed by atoms with Gasteiger partial charge in [-0.15, -0.1) is 0 Å². The lowest BCUT2D eigenvalue weighted by Gasteiger charge is -2.15. The third-order valence-corrected chi connectivity index (χ3v) is 3.79. The van der Waals surface area contributed by atoms with Gasteiger partial charge < -0.3 is 14.2 Å². The number of anilines is 1. The van der Waals surface area contributed by atoms with Gasteiger partial charge in [0.15, 0.2) is 11.5 Å². The van der Waals surface area contributed by atoms with Crippen molar-refractivity contribution in [3.8, 4) is 17.2 Å². The van der Waals surface area contributed by atoms with E-state index < -0.39 is 0 Å².